The van der Waals surface area contributed by atoms with Crippen molar-refractivity contribution in [1.82, 2.24) is 4.98 Å². The SMILES string of the molecule is Cc1ccc2oc(-c3cccc(N4CCCC4)c3C)nc2c1. The highest BCUT2D eigenvalue weighted by Crippen LogP contribution is 2.33. The molecule has 1 aliphatic heterocycles. The van der Waals surface area contributed by atoms with Gasteiger partial charge in [-0.05, 0) is 62.1 Å². The molecular formula is C19H20N2O. The number of fused-ring (bicyclic) bond motifs is 1. The molecule has 0 radical (unpaired) electrons. The zero-order valence-electron chi connectivity index (χ0n) is 13.1. The maximum atomic E-state index is 5.98. The normalized spacial score (nSPS) is 14.9. The topological polar surface area (TPSA) is 29.3 Å². The highest BCUT2D eigenvalue weighted by molar-refractivity contribution is 5.79. The molecule has 0 bridgehead atoms. The van der Waals surface area contributed by atoms with Crippen LogP contribution in [0.3, 0.4) is 0 Å². The molecule has 0 aliphatic carbocycles. The van der Waals surface area contributed by atoms with Gasteiger partial charge in [0.25, 0.3) is 0 Å². The van der Waals surface area contributed by atoms with Crippen LogP contribution in [-0.4, -0.2) is 18.1 Å². The average molecular weight is 292 g/mol. The Labute approximate surface area is 130 Å². The Balaban J connectivity index is 1.82. The number of aromatic nitrogens is 1. The van der Waals surface area contributed by atoms with Gasteiger partial charge in [0, 0.05) is 24.3 Å². The van der Waals surface area contributed by atoms with Crippen LogP contribution in [-0.2, 0) is 0 Å². The van der Waals surface area contributed by atoms with E-state index in [1.54, 1.807) is 0 Å². The summed E-state index contributed by atoms with van der Waals surface area (Å²) in [5, 5.41) is 0. The molecule has 3 heteroatoms. The fourth-order valence-corrected chi connectivity index (χ4v) is 3.31. The quantitative estimate of drug-likeness (QED) is 0.685. The first kappa shape index (κ1) is 13.4. The molecule has 1 aromatic heterocycles. The molecule has 0 amide bonds. The first-order valence-corrected chi connectivity index (χ1v) is 7.94. The molecule has 112 valence electrons. The standard InChI is InChI=1S/C19H20N2O/c1-13-8-9-18-16(12-13)20-19(22-18)15-6-5-7-17(14(15)2)21-10-3-4-11-21/h5-9,12H,3-4,10-11H2,1-2H3. The van der Waals surface area contributed by atoms with Crippen molar-refractivity contribution in [2.45, 2.75) is 26.7 Å². The van der Waals surface area contributed by atoms with Gasteiger partial charge in [0.15, 0.2) is 5.58 Å². The average Bonchev–Trinajstić information content (AvgIpc) is 3.15. The molecule has 2 aromatic carbocycles. The van der Waals surface area contributed by atoms with E-state index in [1.165, 1.54) is 29.7 Å². The Kier molecular flexibility index (Phi) is 3.14. The molecule has 0 unspecified atom stereocenters. The fourth-order valence-electron chi connectivity index (χ4n) is 3.31. The second kappa shape index (κ2) is 5.16. The summed E-state index contributed by atoms with van der Waals surface area (Å²) in [6.45, 7) is 6.55. The number of anilines is 1. The minimum absolute atomic E-state index is 0.721. The molecule has 22 heavy (non-hydrogen) atoms. The maximum Gasteiger partial charge on any atom is 0.227 e. The van der Waals surface area contributed by atoms with Crippen molar-refractivity contribution in [1.29, 1.82) is 0 Å². The zero-order valence-corrected chi connectivity index (χ0v) is 13.1. The van der Waals surface area contributed by atoms with E-state index in [4.69, 9.17) is 4.42 Å². The predicted molar refractivity (Wildman–Crippen MR) is 90.4 cm³/mol. The van der Waals surface area contributed by atoms with E-state index in [2.05, 4.69) is 54.1 Å². The Hall–Kier alpha value is -2.29. The number of hydrogen-bond acceptors (Lipinski definition) is 3. The van der Waals surface area contributed by atoms with Gasteiger partial charge in [-0.15, -0.1) is 0 Å². The predicted octanol–water partition coefficient (Wildman–Crippen LogP) is 4.71. The van der Waals surface area contributed by atoms with Crippen LogP contribution in [0.15, 0.2) is 40.8 Å². The number of aryl methyl sites for hydroxylation is 1. The van der Waals surface area contributed by atoms with Gasteiger partial charge in [-0.3, -0.25) is 0 Å². The molecule has 0 saturated carbocycles. The smallest absolute Gasteiger partial charge is 0.227 e. The number of oxazole rings is 1. The van der Waals surface area contributed by atoms with Crippen molar-refractivity contribution in [3.8, 4) is 11.5 Å². The lowest BCUT2D eigenvalue weighted by molar-refractivity contribution is 0.619. The van der Waals surface area contributed by atoms with Crippen LogP contribution in [0.25, 0.3) is 22.6 Å². The molecule has 0 atom stereocenters. The summed E-state index contributed by atoms with van der Waals surface area (Å²) in [6, 6.07) is 12.5. The molecule has 0 N–H and O–H groups in total. The van der Waals surface area contributed by atoms with E-state index in [0.29, 0.717) is 0 Å². The molecule has 1 aliphatic rings. The van der Waals surface area contributed by atoms with Gasteiger partial charge in [-0.1, -0.05) is 12.1 Å². The van der Waals surface area contributed by atoms with Crippen LogP contribution < -0.4 is 4.90 Å². The summed E-state index contributed by atoms with van der Waals surface area (Å²) >= 11 is 0. The van der Waals surface area contributed by atoms with Crippen molar-refractivity contribution in [3.63, 3.8) is 0 Å². The van der Waals surface area contributed by atoms with E-state index in [-0.39, 0.29) is 0 Å². The first-order chi connectivity index (χ1) is 10.7. The second-order valence-corrected chi connectivity index (χ2v) is 6.13. The van der Waals surface area contributed by atoms with Crippen LogP contribution in [0.4, 0.5) is 5.69 Å². The summed E-state index contributed by atoms with van der Waals surface area (Å²) in [4.78, 5) is 7.15. The lowest BCUT2D eigenvalue weighted by Crippen LogP contribution is -2.18. The van der Waals surface area contributed by atoms with Crippen LogP contribution in [0.2, 0.25) is 0 Å². The lowest BCUT2D eigenvalue weighted by Gasteiger charge is -2.21. The summed E-state index contributed by atoms with van der Waals surface area (Å²) in [5.74, 6) is 0.721. The van der Waals surface area contributed by atoms with Crippen LogP contribution in [0, 0.1) is 13.8 Å². The van der Waals surface area contributed by atoms with Gasteiger partial charge in [0.05, 0.1) is 0 Å². The van der Waals surface area contributed by atoms with E-state index in [0.717, 1.165) is 35.6 Å². The third-order valence-electron chi connectivity index (χ3n) is 4.53. The van der Waals surface area contributed by atoms with Crippen molar-refractivity contribution < 1.29 is 4.42 Å². The van der Waals surface area contributed by atoms with Crippen molar-refractivity contribution in [2.24, 2.45) is 0 Å². The van der Waals surface area contributed by atoms with Crippen molar-refractivity contribution in [2.75, 3.05) is 18.0 Å². The van der Waals surface area contributed by atoms with Crippen LogP contribution in [0.5, 0.6) is 0 Å². The van der Waals surface area contributed by atoms with Crippen LogP contribution >= 0.6 is 0 Å². The molecule has 3 nitrogen and oxygen atoms in total. The number of rotatable bonds is 2. The van der Waals surface area contributed by atoms with E-state index in [9.17, 15) is 0 Å². The fraction of sp³-hybridized carbons (Fsp3) is 0.316. The van der Waals surface area contributed by atoms with Gasteiger partial charge < -0.3 is 9.32 Å². The molecule has 0 spiro atoms. The Bertz CT molecular complexity index is 829. The third kappa shape index (κ3) is 2.17. The summed E-state index contributed by atoms with van der Waals surface area (Å²) < 4.78 is 5.98. The first-order valence-electron chi connectivity index (χ1n) is 7.94. The highest BCUT2D eigenvalue weighted by Gasteiger charge is 2.18. The largest absolute Gasteiger partial charge is 0.436 e. The van der Waals surface area contributed by atoms with Gasteiger partial charge in [-0.2, -0.15) is 0 Å². The monoisotopic (exact) mass is 292 g/mol. The van der Waals surface area contributed by atoms with E-state index >= 15 is 0 Å². The molecule has 3 aromatic rings. The molecule has 1 saturated heterocycles. The van der Waals surface area contributed by atoms with Crippen molar-refractivity contribution >= 4 is 16.8 Å². The summed E-state index contributed by atoms with van der Waals surface area (Å²) in [6.07, 6.45) is 2.57. The number of nitrogens with zero attached hydrogens (tertiary/aromatic N) is 2. The van der Waals surface area contributed by atoms with Crippen LogP contribution in [0.1, 0.15) is 24.0 Å². The Morgan fingerprint density at radius 3 is 2.68 bits per heavy atom. The van der Waals surface area contributed by atoms with Gasteiger partial charge in [0.2, 0.25) is 5.89 Å². The summed E-state index contributed by atoms with van der Waals surface area (Å²) in [7, 11) is 0. The van der Waals surface area contributed by atoms with Gasteiger partial charge >= 0.3 is 0 Å². The second-order valence-electron chi connectivity index (χ2n) is 6.13. The van der Waals surface area contributed by atoms with Crippen molar-refractivity contribution in [3.05, 3.63) is 47.5 Å². The number of benzene rings is 2. The summed E-state index contributed by atoms with van der Waals surface area (Å²) in [5.41, 5.74) is 6.65. The Morgan fingerprint density at radius 2 is 1.86 bits per heavy atom. The lowest BCUT2D eigenvalue weighted by atomic mass is 10.1. The van der Waals surface area contributed by atoms with Gasteiger partial charge in [0.1, 0.15) is 5.52 Å². The molecular weight excluding hydrogens is 272 g/mol. The Morgan fingerprint density at radius 1 is 1.05 bits per heavy atom. The minimum Gasteiger partial charge on any atom is -0.436 e. The molecule has 1 fully saturated rings. The molecule has 4 rings (SSSR count). The number of hydrogen-bond donors (Lipinski definition) is 0. The van der Waals surface area contributed by atoms with E-state index in [1.807, 2.05) is 6.07 Å². The molecule has 2 heterocycles. The van der Waals surface area contributed by atoms with Gasteiger partial charge in [-0.25, -0.2) is 4.98 Å². The highest BCUT2D eigenvalue weighted by atomic mass is 16.3. The van der Waals surface area contributed by atoms with E-state index < -0.39 is 0 Å². The zero-order chi connectivity index (χ0) is 15.1. The maximum absolute atomic E-state index is 5.98. The minimum atomic E-state index is 0.721. The third-order valence-corrected chi connectivity index (χ3v) is 4.53.